The second-order valence-electron chi connectivity index (χ2n) is 6.86. The first-order valence-corrected chi connectivity index (χ1v) is 9.54. The maximum Gasteiger partial charge on any atom is 0.416 e. The van der Waals surface area contributed by atoms with Gasteiger partial charge in [-0.2, -0.15) is 13.2 Å². The first-order valence-electron chi connectivity index (χ1n) is 9.54. The highest BCUT2D eigenvalue weighted by Crippen LogP contribution is 2.30. The second-order valence-corrected chi connectivity index (χ2v) is 6.86. The fourth-order valence-electron chi connectivity index (χ4n) is 2.90. The summed E-state index contributed by atoms with van der Waals surface area (Å²) in [4.78, 5) is 37.8. The molecule has 0 aliphatic carbocycles. The molecule has 0 aromatic heterocycles. The van der Waals surface area contributed by atoms with Gasteiger partial charge in [-0.3, -0.25) is 9.59 Å². The zero-order valence-electron chi connectivity index (χ0n) is 16.8. The van der Waals surface area contributed by atoms with Crippen LogP contribution in [0.15, 0.2) is 78.9 Å². The number of hydrogen-bond acceptors (Lipinski definition) is 4. The van der Waals surface area contributed by atoms with Gasteiger partial charge in [0.25, 0.3) is 5.91 Å². The van der Waals surface area contributed by atoms with Crippen LogP contribution in [0.25, 0.3) is 0 Å². The van der Waals surface area contributed by atoms with Crippen molar-refractivity contribution >= 4 is 23.3 Å². The van der Waals surface area contributed by atoms with Crippen molar-refractivity contribution in [2.24, 2.45) is 0 Å². The van der Waals surface area contributed by atoms with Crippen LogP contribution in [0.1, 0.15) is 38.8 Å². The minimum atomic E-state index is -4.56. The van der Waals surface area contributed by atoms with Gasteiger partial charge in [0.05, 0.1) is 11.1 Å². The van der Waals surface area contributed by atoms with Gasteiger partial charge in [0.2, 0.25) is 0 Å². The molecule has 0 aliphatic rings. The van der Waals surface area contributed by atoms with Crippen LogP contribution >= 0.6 is 0 Å². The van der Waals surface area contributed by atoms with Crippen molar-refractivity contribution in [2.75, 3.05) is 5.32 Å². The summed E-state index contributed by atoms with van der Waals surface area (Å²) in [5, 5.41) is 2.29. The fraction of sp³-hybridized carbons (Fsp3) is 0.125. The second kappa shape index (κ2) is 9.47. The van der Waals surface area contributed by atoms with Crippen LogP contribution in [0.5, 0.6) is 0 Å². The Labute approximate surface area is 181 Å². The summed E-state index contributed by atoms with van der Waals surface area (Å²) in [7, 11) is 0. The molecule has 5 nitrogen and oxygen atoms in total. The highest BCUT2D eigenvalue weighted by molar-refractivity contribution is 6.14. The highest BCUT2D eigenvalue weighted by Gasteiger charge is 2.31. The predicted molar refractivity (Wildman–Crippen MR) is 111 cm³/mol. The molecule has 3 aromatic rings. The van der Waals surface area contributed by atoms with Crippen molar-refractivity contribution < 1.29 is 32.3 Å². The standard InChI is InChI=1S/C24H18F3NO4/c1-15(22(30)28-18-11-7-10-17(14-18)24(25,26)27)32-23(31)20-13-6-5-12-19(20)21(29)16-8-3-2-4-9-16/h2-15H,1H3,(H,28,30). The molecule has 0 saturated heterocycles. The molecule has 0 radical (unpaired) electrons. The topological polar surface area (TPSA) is 72.5 Å². The molecule has 0 saturated carbocycles. The molecule has 3 rings (SSSR count). The number of amides is 1. The van der Waals surface area contributed by atoms with E-state index >= 15 is 0 Å². The predicted octanol–water partition coefficient (Wildman–Crippen LogP) is 5.12. The van der Waals surface area contributed by atoms with Gasteiger partial charge in [-0.05, 0) is 31.2 Å². The number of carbonyl (C=O) groups is 3. The van der Waals surface area contributed by atoms with Gasteiger partial charge in [0.1, 0.15) is 0 Å². The van der Waals surface area contributed by atoms with Gasteiger partial charge < -0.3 is 10.1 Å². The molecule has 1 amide bonds. The quantitative estimate of drug-likeness (QED) is 0.426. The third kappa shape index (κ3) is 5.40. The number of hydrogen-bond donors (Lipinski definition) is 1. The molecule has 8 heteroatoms. The van der Waals surface area contributed by atoms with E-state index in [0.29, 0.717) is 5.56 Å². The largest absolute Gasteiger partial charge is 0.449 e. The Hall–Kier alpha value is -3.94. The number of alkyl halides is 3. The zero-order chi connectivity index (χ0) is 23.3. The van der Waals surface area contributed by atoms with Crippen LogP contribution in [0, 0.1) is 0 Å². The van der Waals surface area contributed by atoms with E-state index in [0.717, 1.165) is 18.2 Å². The van der Waals surface area contributed by atoms with Gasteiger partial charge in [-0.15, -0.1) is 0 Å². The van der Waals surface area contributed by atoms with E-state index in [-0.39, 0.29) is 22.6 Å². The molecular weight excluding hydrogens is 423 g/mol. The van der Waals surface area contributed by atoms with Gasteiger partial charge >= 0.3 is 12.1 Å². The first kappa shape index (κ1) is 22.7. The smallest absolute Gasteiger partial charge is 0.416 e. The number of benzene rings is 3. The van der Waals surface area contributed by atoms with Crippen molar-refractivity contribution in [1.29, 1.82) is 0 Å². The molecular formula is C24H18F3NO4. The number of carbonyl (C=O) groups excluding carboxylic acids is 3. The highest BCUT2D eigenvalue weighted by atomic mass is 19.4. The summed E-state index contributed by atoms with van der Waals surface area (Å²) in [6, 6.07) is 18.4. The average Bonchev–Trinajstić information content (AvgIpc) is 2.78. The van der Waals surface area contributed by atoms with Crippen LogP contribution in [0.4, 0.5) is 18.9 Å². The molecule has 3 aromatic carbocycles. The van der Waals surface area contributed by atoms with E-state index in [2.05, 4.69) is 5.32 Å². The Kier molecular flexibility index (Phi) is 6.73. The number of ketones is 1. The number of anilines is 1. The summed E-state index contributed by atoms with van der Waals surface area (Å²) in [5.74, 6) is -2.11. The molecule has 1 atom stereocenters. The SMILES string of the molecule is CC(OC(=O)c1ccccc1C(=O)c1ccccc1)C(=O)Nc1cccc(C(F)(F)F)c1. The maximum atomic E-state index is 12.8. The van der Waals surface area contributed by atoms with E-state index in [4.69, 9.17) is 4.74 Å². The maximum absolute atomic E-state index is 12.8. The Morgan fingerprint density at radius 2 is 1.47 bits per heavy atom. The van der Waals surface area contributed by atoms with Crippen molar-refractivity contribution in [3.8, 4) is 0 Å². The van der Waals surface area contributed by atoms with Gasteiger partial charge in [-0.25, -0.2) is 4.79 Å². The molecule has 0 spiro atoms. The Bertz CT molecular complexity index is 1140. The molecule has 0 fully saturated rings. The lowest BCUT2D eigenvalue weighted by Gasteiger charge is -2.15. The van der Waals surface area contributed by atoms with Crippen molar-refractivity contribution in [3.63, 3.8) is 0 Å². The summed E-state index contributed by atoms with van der Waals surface area (Å²) in [6.07, 6.45) is -5.88. The van der Waals surface area contributed by atoms with E-state index in [9.17, 15) is 27.6 Å². The van der Waals surface area contributed by atoms with Crippen LogP contribution in [0.2, 0.25) is 0 Å². The number of rotatable bonds is 6. The van der Waals surface area contributed by atoms with Crippen LogP contribution in [-0.2, 0) is 15.7 Å². The first-order chi connectivity index (χ1) is 15.2. The minimum Gasteiger partial charge on any atom is -0.449 e. The number of halogens is 3. The molecule has 0 aliphatic heterocycles. The van der Waals surface area contributed by atoms with Gasteiger partial charge in [0, 0.05) is 16.8 Å². The van der Waals surface area contributed by atoms with Crippen LogP contribution in [0.3, 0.4) is 0 Å². The summed E-state index contributed by atoms with van der Waals surface area (Å²) >= 11 is 0. The molecule has 0 bridgehead atoms. The van der Waals surface area contributed by atoms with Crippen LogP contribution < -0.4 is 5.32 Å². The van der Waals surface area contributed by atoms with Crippen molar-refractivity contribution in [3.05, 3.63) is 101 Å². The van der Waals surface area contributed by atoms with Gasteiger partial charge in [0.15, 0.2) is 11.9 Å². The lowest BCUT2D eigenvalue weighted by molar-refractivity contribution is -0.137. The third-order valence-corrected chi connectivity index (χ3v) is 4.54. The van der Waals surface area contributed by atoms with Crippen LogP contribution in [-0.4, -0.2) is 23.8 Å². The van der Waals surface area contributed by atoms with E-state index < -0.39 is 29.7 Å². The lowest BCUT2D eigenvalue weighted by Crippen LogP contribution is -2.30. The van der Waals surface area contributed by atoms with E-state index in [1.807, 2.05) is 0 Å². The summed E-state index contributed by atoms with van der Waals surface area (Å²) < 4.78 is 43.7. The molecule has 0 heterocycles. The lowest BCUT2D eigenvalue weighted by atomic mass is 9.98. The monoisotopic (exact) mass is 441 g/mol. The number of nitrogens with one attached hydrogen (secondary N) is 1. The van der Waals surface area contributed by atoms with Crippen molar-refractivity contribution in [1.82, 2.24) is 0 Å². The minimum absolute atomic E-state index is 0.0277. The summed E-state index contributed by atoms with van der Waals surface area (Å²) in [5.41, 5.74) is -0.557. The van der Waals surface area contributed by atoms with E-state index in [1.54, 1.807) is 42.5 Å². The van der Waals surface area contributed by atoms with Gasteiger partial charge in [-0.1, -0.05) is 54.6 Å². The fourth-order valence-corrected chi connectivity index (χ4v) is 2.90. The third-order valence-electron chi connectivity index (χ3n) is 4.54. The van der Waals surface area contributed by atoms with E-state index in [1.165, 1.54) is 25.1 Å². The molecule has 32 heavy (non-hydrogen) atoms. The molecule has 1 N–H and O–H groups in total. The molecule has 1 unspecified atom stereocenters. The average molecular weight is 441 g/mol. The number of esters is 1. The van der Waals surface area contributed by atoms with Crippen molar-refractivity contribution in [2.45, 2.75) is 19.2 Å². The normalized spacial score (nSPS) is 12.0. The Balaban J connectivity index is 1.73. The number of ether oxygens (including phenoxy) is 1. The molecule has 164 valence electrons. The zero-order valence-corrected chi connectivity index (χ0v) is 16.8. The Morgan fingerprint density at radius 1 is 0.844 bits per heavy atom. The Morgan fingerprint density at radius 3 is 2.12 bits per heavy atom. The summed E-state index contributed by atoms with van der Waals surface area (Å²) in [6.45, 7) is 1.28.